The van der Waals surface area contributed by atoms with Crippen LogP contribution in [0.3, 0.4) is 0 Å². The summed E-state index contributed by atoms with van der Waals surface area (Å²) in [5.74, 6) is -1.67. The smallest absolute Gasteiger partial charge is 0.258 e. The van der Waals surface area contributed by atoms with Gasteiger partial charge in [0, 0.05) is 0 Å². The zero-order valence-corrected chi connectivity index (χ0v) is 10.1. The van der Waals surface area contributed by atoms with Gasteiger partial charge in [-0.15, -0.1) is 0 Å². The first-order chi connectivity index (χ1) is 8.48. The van der Waals surface area contributed by atoms with E-state index in [9.17, 15) is 19.4 Å². The van der Waals surface area contributed by atoms with Crippen LogP contribution in [0.2, 0.25) is 0 Å². The second kappa shape index (κ2) is 4.57. The third-order valence-electron chi connectivity index (χ3n) is 3.42. The van der Waals surface area contributed by atoms with Crippen LogP contribution in [-0.4, -0.2) is 28.3 Å². The zero-order valence-electron chi connectivity index (χ0n) is 10.1. The van der Waals surface area contributed by atoms with Gasteiger partial charge in [0.05, 0.1) is 12.1 Å². The van der Waals surface area contributed by atoms with Crippen molar-refractivity contribution in [3.8, 4) is 5.75 Å². The molecule has 0 spiro atoms. The Morgan fingerprint density at radius 3 is 2.72 bits per heavy atom. The van der Waals surface area contributed by atoms with Crippen LogP contribution in [0, 0.1) is 11.7 Å². The molecule has 2 rings (SSSR count). The number of amides is 1. The standard InChI is InChI=1S/C13H16FNO3/c1-13(7-16,8-5-6-8)15-12(18)11-9(14)3-2-4-10(11)17/h2-4,8,16-17H,5-7H2,1H3,(H,15,18). The van der Waals surface area contributed by atoms with Crippen molar-refractivity contribution in [1.82, 2.24) is 5.32 Å². The molecule has 0 radical (unpaired) electrons. The van der Waals surface area contributed by atoms with E-state index in [1.807, 2.05) is 0 Å². The number of nitrogens with one attached hydrogen (secondary N) is 1. The Balaban J connectivity index is 2.21. The highest BCUT2D eigenvalue weighted by atomic mass is 19.1. The first kappa shape index (κ1) is 12.8. The van der Waals surface area contributed by atoms with Crippen LogP contribution in [0.1, 0.15) is 30.1 Å². The highest BCUT2D eigenvalue weighted by molar-refractivity contribution is 5.97. The molecule has 0 aliphatic heterocycles. The Labute approximate surface area is 104 Å². The van der Waals surface area contributed by atoms with E-state index >= 15 is 0 Å². The SMILES string of the molecule is CC(CO)(NC(=O)c1c(O)cccc1F)C1CC1. The molecule has 1 aromatic rings. The zero-order chi connectivity index (χ0) is 13.3. The molecule has 1 aliphatic carbocycles. The van der Waals surface area contributed by atoms with E-state index < -0.39 is 23.0 Å². The third-order valence-corrected chi connectivity index (χ3v) is 3.42. The maximum Gasteiger partial charge on any atom is 0.258 e. The maximum absolute atomic E-state index is 13.5. The van der Waals surface area contributed by atoms with Crippen molar-refractivity contribution in [1.29, 1.82) is 0 Å². The summed E-state index contributed by atoms with van der Waals surface area (Å²) in [6, 6.07) is 3.70. The summed E-state index contributed by atoms with van der Waals surface area (Å²) in [6.07, 6.45) is 1.86. The van der Waals surface area contributed by atoms with Crippen molar-refractivity contribution in [2.24, 2.45) is 5.92 Å². The van der Waals surface area contributed by atoms with Crippen LogP contribution < -0.4 is 5.32 Å². The molecular weight excluding hydrogens is 237 g/mol. The largest absolute Gasteiger partial charge is 0.507 e. The number of hydrogen-bond acceptors (Lipinski definition) is 3. The lowest BCUT2D eigenvalue weighted by molar-refractivity contribution is 0.0817. The molecule has 1 unspecified atom stereocenters. The Bertz CT molecular complexity index is 453. The fraction of sp³-hybridized carbons (Fsp3) is 0.462. The molecule has 1 amide bonds. The molecular formula is C13H16FNO3. The Morgan fingerprint density at radius 1 is 1.56 bits per heavy atom. The molecule has 3 N–H and O–H groups in total. The summed E-state index contributed by atoms with van der Waals surface area (Å²) in [5, 5.41) is 21.5. The minimum Gasteiger partial charge on any atom is -0.507 e. The summed E-state index contributed by atoms with van der Waals surface area (Å²) < 4.78 is 13.5. The van der Waals surface area contributed by atoms with Crippen molar-refractivity contribution in [2.75, 3.05) is 6.61 Å². The average molecular weight is 253 g/mol. The van der Waals surface area contributed by atoms with Crippen molar-refractivity contribution in [3.05, 3.63) is 29.6 Å². The number of aromatic hydroxyl groups is 1. The van der Waals surface area contributed by atoms with Crippen LogP contribution >= 0.6 is 0 Å². The summed E-state index contributed by atoms with van der Waals surface area (Å²) in [7, 11) is 0. The highest BCUT2D eigenvalue weighted by Crippen LogP contribution is 2.39. The van der Waals surface area contributed by atoms with E-state index in [0.29, 0.717) is 0 Å². The quantitative estimate of drug-likeness (QED) is 0.760. The van der Waals surface area contributed by atoms with Crippen molar-refractivity contribution in [2.45, 2.75) is 25.3 Å². The van der Waals surface area contributed by atoms with Crippen LogP contribution in [0.25, 0.3) is 0 Å². The van der Waals surface area contributed by atoms with E-state index in [1.54, 1.807) is 6.92 Å². The van der Waals surface area contributed by atoms with Gasteiger partial charge in [-0.1, -0.05) is 6.07 Å². The number of phenolic OH excluding ortho intramolecular Hbond substituents is 1. The molecule has 1 fully saturated rings. The first-order valence-electron chi connectivity index (χ1n) is 5.89. The number of aliphatic hydroxyl groups excluding tert-OH is 1. The van der Waals surface area contributed by atoms with E-state index in [2.05, 4.69) is 5.32 Å². The van der Waals surface area contributed by atoms with Crippen molar-refractivity contribution >= 4 is 5.91 Å². The van der Waals surface area contributed by atoms with Crippen molar-refractivity contribution in [3.63, 3.8) is 0 Å². The number of carbonyl (C=O) groups excluding carboxylic acids is 1. The molecule has 4 nitrogen and oxygen atoms in total. The number of benzene rings is 1. The summed E-state index contributed by atoms with van der Waals surface area (Å²) in [6.45, 7) is 1.51. The van der Waals surface area contributed by atoms with E-state index in [1.165, 1.54) is 12.1 Å². The lowest BCUT2D eigenvalue weighted by Crippen LogP contribution is -2.50. The maximum atomic E-state index is 13.5. The monoisotopic (exact) mass is 253 g/mol. The molecule has 98 valence electrons. The van der Waals surface area contributed by atoms with Gasteiger partial charge in [0.25, 0.3) is 5.91 Å². The predicted molar refractivity (Wildman–Crippen MR) is 63.7 cm³/mol. The lowest BCUT2D eigenvalue weighted by atomic mass is 9.96. The number of phenols is 1. The van der Waals surface area contributed by atoms with Gasteiger partial charge >= 0.3 is 0 Å². The van der Waals surface area contributed by atoms with Crippen LogP contribution in [0.5, 0.6) is 5.75 Å². The number of hydrogen-bond donors (Lipinski definition) is 3. The second-order valence-corrected chi connectivity index (χ2v) is 4.94. The molecule has 1 aromatic carbocycles. The van der Waals surface area contributed by atoms with Gasteiger partial charge < -0.3 is 15.5 Å². The summed E-state index contributed by atoms with van der Waals surface area (Å²) in [4.78, 5) is 12.0. The minimum absolute atomic E-state index is 0.209. The van der Waals surface area contributed by atoms with Gasteiger partial charge in [0.15, 0.2) is 0 Å². The van der Waals surface area contributed by atoms with Gasteiger partial charge in [-0.25, -0.2) is 4.39 Å². The van der Waals surface area contributed by atoms with Crippen LogP contribution in [0.15, 0.2) is 18.2 Å². The summed E-state index contributed by atoms with van der Waals surface area (Å²) >= 11 is 0. The van der Waals surface area contributed by atoms with Crippen LogP contribution in [0.4, 0.5) is 4.39 Å². The highest BCUT2D eigenvalue weighted by Gasteiger charge is 2.42. The molecule has 0 saturated heterocycles. The van der Waals surface area contributed by atoms with Crippen molar-refractivity contribution < 1.29 is 19.4 Å². The van der Waals surface area contributed by atoms with Gasteiger partial charge in [-0.05, 0) is 37.8 Å². The van der Waals surface area contributed by atoms with Crippen LogP contribution in [-0.2, 0) is 0 Å². The molecule has 5 heteroatoms. The molecule has 1 atom stereocenters. The van der Waals surface area contributed by atoms with E-state index in [4.69, 9.17) is 0 Å². The number of aliphatic hydroxyl groups is 1. The normalized spacial score (nSPS) is 18.2. The van der Waals surface area contributed by atoms with Gasteiger partial charge in [-0.2, -0.15) is 0 Å². The third kappa shape index (κ3) is 2.31. The second-order valence-electron chi connectivity index (χ2n) is 4.94. The molecule has 0 aromatic heterocycles. The molecule has 1 aliphatic rings. The predicted octanol–water partition coefficient (Wildman–Crippen LogP) is 1.42. The number of carbonyl (C=O) groups is 1. The first-order valence-corrected chi connectivity index (χ1v) is 5.89. The molecule has 1 saturated carbocycles. The van der Waals surface area contributed by atoms with E-state index in [0.717, 1.165) is 18.9 Å². The van der Waals surface area contributed by atoms with E-state index in [-0.39, 0.29) is 18.1 Å². The summed E-state index contributed by atoms with van der Waals surface area (Å²) in [5.41, 5.74) is -1.14. The lowest BCUT2D eigenvalue weighted by Gasteiger charge is -2.28. The minimum atomic E-state index is -0.774. The topological polar surface area (TPSA) is 69.6 Å². The fourth-order valence-corrected chi connectivity index (χ4v) is 2.05. The Morgan fingerprint density at radius 2 is 2.22 bits per heavy atom. The fourth-order valence-electron chi connectivity index (χ4n) is 2.05. The molecule has 18 heavy (non-hydrogen) atoms. The van der Waals surface area contributed by atoms with Gasteiger partial charge in [0.2, 0.25) is 0 Å². The van der Waals surface area contributed by atoms with Gasteiger partial charge in [-0.3, -0.25) is 4.79 Å². The number of rotatable bonds is 4. The molecule has 0 bridgehead atoms. The Hall–Kier alpha value is -1.62. The average Bonchev–Trinajstić information content (AvgIpc) is 3.12. The number of halogens is 1. The van der Waals surface area contributed by atoms with Gasteiger partial charge in [0.1, 0.15) is 17.1 Å². The Kier molecular flexibility index (Phi) is 3.26. The molecule has 0 heterocycles.